The van der Waals surface area contributed by atoms with Gasteiger partial charge in [0.25, 0.3) is 0 Å². The first-order valence-corrected chi connectivity index (χ1v) is 4.78. The van der Waals surface area contributed by atoms with E-state index < -0.39 is 0 Å². The number of aliphatic hydroxyl groups excluding tert-OH is 1. The first-order valence-electron chi connectivity index (χ1n) is 4.78. The predicted octanol–water partition coefficient (Wildman–Crippen LogP) is 1.13. The van der Waals surface area contributed by atoms with Crippen LogP contribution in [0.15, 0.2) is 24.3 Å². The minimum atomic E-state index is 0.0668. The molecule has 1 fully saturated rings. The van der Waals surface area contributed by atoms with Crippen LogP contribution in [0.2, 0.25) is 0 Å². The Morgan fingerprint density at radius 3 is 2.57 bits per heavy atom. The second kappa shape index (κ2) is 3.80. The lowest BCUT2D eigenvalue weighted by Crippen LogP contribution is -2.18. The fraction of sp³-hybridized carbons (Fsp3) is 0.364. The summed E-state index contributed by atoms with van der Waals surface area (Å²) >= 11 is 0. The van der Waals surface area contributed by atoms with Crippen LogP contribution in [0.4, 0.5) is 0 Å². The number of benzene rings is 1. The van der Waals surface area contributed by atoms with Crippen molar-refractivity contribution in [2.75, 3.05) is 0 Å². The molecule has 1 heterocycles. The summed E-state index contributed by atoms with van der Waals surface area (Å²) in [6.45, 7) is 0.0668. The van der Waals surface area contributed by atoms with Crippen molar-refractivity contribution >= 4 is 5.91 Å². The summed E-state index contributed by atoms with van der Waals surface area (Å²) in [4.78, 5) is 11.0. The molecule has 0 saturated carbocycles. The Morgan fingerprint density at radius 1 is 1.36 bits per heavy atom. The average Bonchev–Trinajstić information content (AvgIpc) is 2.65. The van der Waals surface area contributed by atoms with Crippen LogP contribution in [0.5, 0.6) is 0 Å². The molecule has 0 aromatic heterocycles. The zero-order chi connectivity index (χ0) is 9.97. The fourth-order valence-corrected chi connectivity index (χ4v) is 1.72. The third-order valence-electron chi connectivity index (χ3n) is 2.56. The van der Waals surface area contributed by atoms with Gasteiger partial charge in [-0.05, 0) is 17.5 Å². The predicted molar refractivity (Wildman–Crippen MR) is 52.5 cm³/mol. The smallest absolute Gasteiger partial charge is 0.220 e. The monoisotopic (exact) mass is 191 g/mol. The van der Waals surface area contributed by atoms with E-state index in [2.05, 4.69) is 5.32 Å². The van der Waals surface area contributed by atoms with E-state index >= 15 is 0 Å². The Morgan fingerprint density at radius 2 is 2.07 bits per heavy atom. The van der Waals surface area contributed by atoms with Crippen molar-refractivity contribution in [3.8, 4) is 0 Å². The summed E-state index contributed by atoms with van der Waals surface area (Å²) in [7, 11) is 0. The molecule has 2 N–H and O–H groups in total. The van der Waals surface area contributed by atoms with Gasteiger partial charge in [-0.25, -0.2) is 0 Å². The highest BCUT2D eigenvalue weighted by Crippen LogP contribution is 2.23. The number of carbonyl (C=O) groups excluding carboxylic acids is 1. The topological polar surface area (TPSA) is 49.3 Å². The van der Waals surface area contributed by atoms with Crippen molar-refractivity contribution in [1.82, 2.24) is 5.32 Å². The molecule has 3 heteroatoms. The van der Waals surface area contributed by atoms with E-state index in [1.807, 2.05) is 24.3 Å². The summed E-state index contributed by atoms with van der Waals surface area (Å²) in [6, 6.07) is 7.86. The molecule has 2 rings (SSSR count). The van der Waals surface area contributed by atoms with Crippen LogP contribution in [-0.2, 0) is 11.4 Å². The lowest BCUT2D eigenvalue weighted by atomic mass is 10.0. The lowest BCUT2D eigenvalue weighted by Gasteiger charge is -2.10. The zero-order valence-electron chi connectivity index (χ0n) is 7.86. The summed E-state index contributed by atoms with van der Waals surface area (Å²) in [5.74, 6) is 0.126. The highest BCUT2D eigenvalue weighted by Gasteiger charge is 2.21. The molecule has 1 aliphatic heterocycles. The van der Waals surface area contributed by atoms with Crippen molar-refractivity contribution in [1.29, 1.82) is 0 Å². The van der Waals surface area contributed by atoms with Gasteiger partial charge in [-0.2, -0.15) is 0 Å². The minimum absolute atomic E-state index is 0.0668. The van der Waals surface area contributed by atoms with Crippen LogP contribution < -0.4 is 5.32 Å². The molecule has 1 aromatic rings. The number of hydrogen-bond acceptors (Lipinski definition) is 2. The van der Waals surface area contributed by atoms with E-state index in [1.54, 1.807) is 0 Å². The average molecular weight is 191 g/mol. The Balaban J connectivity index is 2.13. The van der Waals surface area contributed by atoms with Crippen molar-refractivity contribution in [3.05, 3.63) is 35.4 Å². The van der Waals surface area contributed by atoms with Crippen LogP contribution >= 0.6 is 0 Å². The number of amides is 1. The maximum absolute atomic E-state index is 11.0. The SMILES string of the molecule is O=C1CC[C@H](c2ccc(CO)cc2)N1. The van der Waals surface area contributed by atoms with Crippen LogP contribution in [-0.4, -0.2) is 11.0 Å². The summed E-state index contributed by atoms with van der Waals surface area (Å²) in [5, 5.41) is 11.8. The molecular formula is C11H13NO2. The first kappa shape index (κ1) is 9.21. The Hall–Kier alpha value is -1.35. The summed E-state index contributed by atoms with van der Waals surface area (Å²) in [6.07, 6.45) is 1.49. The van der Waals surface area contributed by atoms with E-state index in [0.717, 1.165) is 17.5 Å². The molecule has 0 bridgehead atoms. The highest BCUT2D eigenvalue weighted by atomic mass is 16.3. The molecule has 1 atom stereocenters. The highest BCUT2D eigenvalue weighted by molar-refractivity contribution is 5.78. The third-order valence-corrected chi connectivity index (χ3v) is 2.56. The standard InChI is InChI=1S/C11H13NO2/c13-7-8-1-3-9(4-2-8)10-5-6-11(14)12-10/h1-4,10,13H,5-7H2,(H,12,14)/t10-/m1/s1. The quantitative estimate of drug-likeness (QED) is 0.736. The van der Waals surface area contributed by atoms with Crippen molar-refractivity contribution in [3.63, 3.8) is 0 Å². The van der Waals surface area contributed by atoms with Crippen molar-refractivity contribution < 1.29 is 9.90 Å². The largest absolute Gasteiger partial charge is 0.392 e. The van der Waals surface area contributed by atoms with Gasteiger partial charge in [0.1, 0.15) is 0 Å². The number of nitrogens with one attached hydrogen (secondary N) is 1. The number of carbonyl (C=O) groups is 1. The second-order valence-electron chi connectivity index (χ2n) is 3.56. The Labute approximate surface area is 82.8 Å². The maximum atomic E-state index is 11.0. The van der Waals surface area contributed by atoms with Crippen molar-refractivity contribution in [2.24, 2.45) is 0 Å². The maximum Gasteiger partial charge on any atom is 0.220 e. The van der Waals surface area contributed by atoms with Gasteiger partial charge in [-0.1, -0.05) is 24.3 Å². The van der Waals surface area contributed by atoms with E-state index in [9.17, 15) is 4.79 Å². The lowest BCUT2D eigenvalue weighted by molar-refractivity contribution is -0.119. The molecular weight excluding hydrogens is 178 g/mol. The fourth-order valence-electron chi connectivity index (χ4n) is 1.72. The summed E-state index contributed by atoms with van der Waals surface area (Å²) < 4.78 is 0. The van der Waals surface area contributed by atoms with Crippen molar-refractivity contribution in [2.45, 2.75) is 25.5 Å². The molecule has 1 amide bonds. The molecule has 1 aromatic carbocycles. The van der Waals surface area contributed by atoms with Gasteiger partial charge in [0.05, 0.1) is 12.6 Å². The second-order valence-corrected chi connectivity index (χ2v) is 3.56. The van der Waals surface area contributed by atoms with Crippen LogP contribution in [0.3, 0.4) is 0 Å². The van der Waals surface area contributed by atoms with Gasteiger partial charge in [-0.15, -0.1) is 0 Å². The third kappa shape index (κ3) is 1.77. The van der Waals surface area contributed by atoms with Crippen LogP contribution in [0.25, 0.3) is 0 Å². The summed E-state index contributed by atoms with van der Waals surface area (Å²) in [5.41, 5.74) is 2.02. The van der Waals surface area contributed by atoms with Crippen LogP contribution in [0, 0.1) is 0 Å². The molecule has 1 aliphatic rings. The molecule has 0 spiro atoms. The number of rotatable bonds is 2. The minimum Gasteiger partial charge on any atom is -0.392 e. The van der Waals surface area contributed by atoms with E-state index in [4.69, 9.17) is 5.11 Å². The van der Waals surface area contributed by atoms with Gasteiger partial charge in [0, 0.05) is 6.42 Å². The number of aliphatic hydroxyl groups is 1. The molecule has 74 valence electrons. The molecule has 1 saturated heterocycles. The Kier molecular flexibility index (Phi) is 2.50. The Bertz CT molecular complexity index is 332. The molecule has 0 radical (unpaired) electrons. The van der Waals surface area contributed by atoms with Gasteiger partial charge >= 0.3 is 0 Å². The van der Waals surface area contributed by atoms with Gasteiger partial charge in [-0.3, -0.25) is 4.79 Å². The van der Waals surface area contributed by atoms with E-state index in [0.29, 0.717) is 6.42 Å². The van der Waals surface area contributed by atoms with Gasteiger partial charge in [0.2, 0.25) is 5.91 Å². The molecule has 3 nitrogen and oxygen atoms in total. The molecule has 0 unspecified atom stereocenters. The van der Waals surface area contributed by atoms with Gasteiger partial charge < -0.3 is 10.4 Å². The number of hydrogen-bond donors (Lipinski definition) is 2. The van der Waals surface area contributed by atoms with E-state index in [-0.39, 0.29) is 18.6 Å². The normalized spacial score (nSPS) is 20.9. The first-order chi connectivity index (χ1) is 6.79. The zero-order valence-corrected chi connectivity index (χ0v) is 7.86. The van der Waals surface area contributed by atoms with Crippen LogP contribution in [0.1, 0.15) is 30.0 Å². The molecule has 14 heavy (non-hydrogen) atoms. The van der Waals surface area contributed by atoms with Gasteiger partial charge in [0.15, 0.2) is 0 Å². The van der Waals surface area contributed by atoms with E-state index in [1.165, 1.54) is 0 Å². The molecule has 0 aliphatic carbocycles.